The minimum absolute atomic E-state index is 0.101. The van der Waals surface area contributed by atoms with Crippen LogP contribution >= 0.6 is 0 Å². The van der Waals surface area contributed by atoms with Crippen LogP contribution in [0.4, 0.5) is 0 Å². The molecule has 0 unspecified atom stereocenters. The normalized spacial score (nSPS) is 11.5. The van der Waals surface area contributed by atoms with Gasteiger partial charge in [-0.3, -0.25) is 4.79 Å². The second kappa shape index (κ2) is 10.2. The SMILES string of the molecule is CCNC(=NCc1coc(-c2ccccc2)n1)NCCC(=O)OC(C)C. The predicted octanol–water partition coefficient (Wildman–Crippen LogP) is 2.74. The molecule has 0 saturated carbocycles. The van der Waals surface area contributed by atoms with E-state index in [2.05, 4.69) is 20.6 Å². The fourth-order valence-electron chi connectivity index (χ4n) is 2.20. The Morgan fingerprint density at radius 2 is 2.04 bits per heavy atom. The quantitative estimate of drug-likeness (QED) is 0.428. The van der Waals surface area contributed by atoms with Gasteiger partial charge >= 0.3 is 5.97 Å². The van der Waals surface area contributed by atoms with Crippen LogP contribution in [0.25, 0.3) is 11.5 Å². The van der Waals surface area contributed by atoms with Crippen molar-refractivity contribution in [3.8, 4) is 11.5 Å². The van der Waals surface area contributed by atoms with Crippen molar-refractivity contribution in [1.29, 1.82) is 0 Å². The molecule has 0 atom stereocenters. The van der Waals surface area contributed by atoms with Gasteiger partial charge in [0.1, 0.15) is 12.0 Å². The Kier molecular flexibility index (Phi) is 7.67. The summed E-state index contributed by atoms with van der Waals surface area (Å²) in [7, 11) is 0. The molecule has 1 heterocycles. The molecule has 0 aliphatic rings. The van der Waals surface area contributed by atoms with Crippen molar-refractivity contribution in [3.63, 3.8) is 0 Å². The Balaban J connectivity index is 1.88. The van der Waals surface area contributed by atoms with Crippen LogP contribution in [-0.4, -0.2) is 36.1 Å². The lowest BCUT2D eigenvalue weighted by molar-refractivity contribution is -0.147. The first-order valence-electron chi connectivity index (χ1n) is 8.80. The number of aromatic nitrogens is 1. The molecule has 2 rings (SSSR count). The topological polar surface area (TPSA) is 88.8 Å². The third-order valence-corrected chi connectivity index (χ3v) is 3.30. The molecule has 0 aliphatic heterocycles. The summed E-state index contributed by atoms with van der Waals surface area (Å²) in [5, 5.41) is 6.25. The highest BCUT2D eigenvalue weighted by Gasteiger charge is 2.08. The first kappa shape index (κ1) is 19.5. The van der Waals surface area contributed by atoms with E-state index in [0.717, 1.165) is 17.8 Å². The Bertz CT molecular complexity index is 711. The Morgan fingerprint density at radius 3 is 2.73 bits per heavy atom. The maximum absolute atomic E-state index is 11.6. The molecule has 0 bridgehead atoms. The number of rotatable bonds is 8. The van der Waals surface area contributed by atoms with Crippen LogP contribution in [0.1, 0.15) is 32.9 Å². The lowest BCUT2D eigenvalue weighted by Crippen LogP contribution is -2.38. The molecule has 2 N–H and O–H groups in total. The fraction of sp³-hybridized carbons (Fsp3) is 0.421. The molecule has 7 nitrogen and oxygen atoms in total. The number of aliphatic imine (C=N–C) groups is 1. The van der Waals surface area contributed by atoms with E-state index < -0.39 is 0 Å². The van der Waals surface area contributed by atoms with Gasteiger partial charge in [-0.25, -0.2) is 9.98 Å². The molecule has 0 amide bonds. The third kappa shape index (κ3) is 6.58. The van der Waals surface area contributed by atoms with E-state index in [0.29, 0.717) is 24.9 Å². The van der Waals surface area contributed by atoms with E-state index in [9.17, 15) is 4.79 Å². The predicted molar refractivity (Wildman–Crippen MR) is 101 cm³/mol. The summed E-state index contributed by atoms with van der Waals surface area (Å²) < 4.78 is 10.6. The molecular formula is C19H26N4O3. The first-order chi connectivity index (χ1) is 12.6. The number of benzene rings is 1. The number of oxazole rings is 1. The number of ether oxygens (including phenoxy) is 1. The van der Waals surface area contributed by atoms with Crippen LogP contribution in [0.15, 0.2) is 46.0 Å². The number of hydrogen-bond donors (Lipinski definition) is 2. The number of hydrogen-bond acceptors (Lipinski definition) is 5. The van der Waals surface area contributed by atoms with Crippen molar-refractivity contribution in [2.45, 2.75) is 39.8 Å². The molecule has 0 fully saturated rings. The van der Waals surface area contributed by atoms with Crippen molar-refractivity contribution in [2.24, 2.45) is 4.99 Å². The minimum atomic E-state index is -0.229. The maximum Gasteiger partial charge on any atom is 0.307 e. The molecule has 7 heteroatoms. The zero-order valence-corrected chi connectivity index (χ0v) is 15.5. The van der Waals surface area contributed by atoms with Gasteiger partial charge in [-0.15, -0.1) is 0 Å². The highest BCUT2D eigenvalue weighted by atomic mass is 16.5. The summed E-state index contributed by atoms with van der Waals surface area (Å²) in [6.45, 7) is 7.19. The van der Waals surface area contributed by atoms with Crippen molar-refractivity contribution in [1.82, 2.24) is 15.6 Å². The number of guanidine groups is 1. The Hall–Kier alpha value is -2.83. The zero-order valence-electron chi connectivity index (χ0n) is 15.5. The van der Waals surface area contributed by atoms with Gasteiger partial charge in [0.15, 0.2) is 5.96 Å². The molecule has 2 aromatic rings. The second-order valence-electron chi connectivity index (χ2n) is 5.92. The van der Waals surface area contributed by atoms with Gasteiger partial charge in [-0.1, -0.05) is 18.2 Å². The van der Waals surface area contributed by atoms with E-state index in [1.807, 2.05) is 51.1 Å². The molecule has 0 radical (unpaired) electrons. The summed E-state index contributed by atoms with van der Waals surface area (Å²) in [6.07, 6.45) is 1.79. The van der Waals surface area contributed by atoms with E-state index in [1.165, 1.54) is 0 Å². The number of nitrogens with one attached hydrogen (secondary N) is 2. The van der Waals surface area contributed by atoms with Gasteiger partial charge in [0, 0.05) is 18.7 Å². The molecule has 1 aromatic carbocycles. The molecule has 26 heavy (non-hydrogen) atoms. The fourth-order valence-corrected chi connectivity index (χ4v) is 2.20. The van der Waals surface area contributed by atoms with Gasteiger partial charge in [0.2, 0.25) is 5.89 Å². The summed E-state index contributed by atoms with van der Waals surface area (Å²) in [4.78, 5) is 20.5. The molecule has 1 aromatic heterocycles. The lowest BCUT2D eigenvalue weighted by Gasteiger charge is -2.11. The summed E-state index contributed by atoms with van der Waals surface area (Å²) >= 11 is 0. The van der Waals surface area contributed by atoms with Crippen molar-refractivity contribution >= 4 is 11.9 Å². The summed E-state index contributed by atoms with van der Waals surface area (Å²) in [5.74, 6) is 0.964. The van der Waals surface area contributed by atoms with Crippen molar-refractivity contribution in [2.75, 3.05) is 13.1 Å². The van der Waals surface area contributed by atoms with Crippen LogP contribution < -0.4 is 10.6 Å². The van der Waals surface area contributed by atoms with Gasteiger partial charge in [0.05, 0.1) is 19.1 Å². The van der Waals surface area contributed by atoms with Crippen LogP contribution in [0.2, 0.25) is 0 Å². The lowest BCUT2D eigenvalue weighted by atomic mass is 10.2. The summed E-state index contributed by atoms with van der Waals surface area (Å²) in [6, 6.07) is 9.72. The summed E-state index contributed by atoms with van der Waals surface area (Å²) in [5.41, 5.74) is 1.66. The highest BCUT2D eigenvalue weighted by molar-refractivity contribution is 5.80. The zero-order chi connectivity index (χ0) is 18.8. The van der Waals surface area contributed by atoms with Crippen LogP contribution in [0.3, 0.4) is 0 Å². The van der Waals surface area contributed by atoms with E-state index in [4.69, 9.17) is 9.15 Å². The number of esters is 1. The number of nitrogens with zero attached hydrogens (tertiary/aromatic N) is 2. The largest absolute Gasteiger partial charge is 0.463 e. The number of carbonyl (C=O) groups is 1. The van der Waals surface area contributed by atoms with E-state index in [1.54, 1.807) is 6.26 Å². The van der Waals surface area contributed by atoms with Gasteiger partial charge in [-0.2, -0.15) is 0 Å². The van der Waals surface area contributed by atoms with Gasteiger partial charge in [0.25, 0.3) is 0 Å². The molecular weight excluding hydrogens is 332 g/mol. The molecule has 0 saturated heterocycles. The molecule has 0 spiro atoms. The van der Waals surface area contributed by atoms with Crippen LogP contribution in [0, 0.1) is 0 Å². The Morgan fingerprint density at radius 1 is 1.27 bits per heavy atom. The molecule has 0 aliphatic carbocycles. The van der Waals surface area contributed by atoms with Crippen LogP contribution in [-0.2, 0) is 16.1 Å². The standard InChI is InChI=1S/C19H26N4O3/c1-4-20-19(21-11-10-17(24)26-14(2)3)22-12-16-13-25-18(23-16)15-8-6-5-7-9-15/h5-9,13-14H,4,10-12H2,1-3H3,(H2,20,21,22). The second-order valence-corrected chi connectivity index (χ2v) is 5.92. The van der Waals surface area contributed by atoms with E-state index >= 15 is 0 Å². The smallest absolute Gasteiger partial charge is 0.307 e. The number of carbonyl (C=O) groups excluding carboxylic acids is 1. The average Bonchev–Trinajstić information content (AvgIpc) is 3.09. The Labute approximate surface area is 153 Å². The average molecular weight is 358 g/mol. The first-order valence-corrected chi connectivity index (χ1v) is 8.80. The molecule has 140 valence electrons. The van der Waals surface area contributed by atoms with Gasteiger partial charge in [-0.05, 0) is 32.9 Å². The third-order valence-electron chi connectivity index (χ3n) is 3.30. The van der Waals surface area contributed by atoms with Crippen molar-refractivity contribution in [3.05, 3.63) is 42.3 Å². The maximum atomic E-state index is 11.6. The van der Waals surface area contributed by atoms with Crippen LogP contribution in [0.5, 0.6) is 0 Å². The minimum Gasteiger partial charge on any atom is -0.463 e. The van der Waals surface area contributed by atoms with Gasteiger partial charge < -0.3 is 19.8 Å². The highest BCUT2D eigenvalue weighted by Crippen LogP contribution is 2.18. The monoisotopic (exact) mass is 358 g/mol. The van der Waals surface area contributed by atoms with E-state index in [-0.39, 0.29) is 18.5 Å². The van der Waals surface area contributed by atoms with Crippen molar-refractivity contribution < 1.29 is 13.9 Å².